The molecule has 0 fully saturated rings. The molecule has 1 heterocycles. The number of anilines is 1. The summed E-state index contributed by atoms with van der Waals surface area (Å²) in [6, 6.07) is 2.33. The standard InChI is InChI=1S/C14H24N4/c1-11(2)13-12(9-18(5)17-13)16-8-6-7-14(3,4)10-15/h9,11,16H,6-8H2,1-5H3. The number of nitrogens with one attached hydrogen (secondary N) is 1. The Morgan fingerprint density at radius 2 is 2.17 bits per heavy atom. The second-order valence-electron chi connectivity index (χ2n) is 5.78. The molecule has 4 nitrogen and oxygen atoms in total. The lowest BCUT2D eigenvalue weighted by Gasteiger charge is -2.15. The van der Waals surface area contributed by atoms with Gasteiger partial charge in [0.05, 0.1) is 22.9 Å². The minimum atomic E-state index is -0.225. The van der Waals surface area contributed by atoms with Gasteiger partial charge in [-0.25, -0.2) is 0 Å². The van der Waals surface area contributed by atoms with E-state index in [1.165, 1.54) is 0 Å². The number of hydrogen-bond donors (Lipinski definition) is 1. The summed E-state index contributed by atoms with van der Waals surface area (Å²) in [4.78, 5) is 0. The fourth-order valence-corrected chi connectivity index (χ4v) is 1.88. The van der Waals surface area contributed by atoms with Crippen LogP contribution in [0.3, 0.4) is 0 Å². The van der Waals surface area contributed by atoms with Gasteiger partial charge in [0.2, 0.25) is 0 Å². The summed E-state index contributed by atoms with van der Waals surface area (Å²) in [6.07, 6.45) is 3.92. The van der Waals surface area contributed by atoms with Crippen LogP contribution in [0.5, 0.6) is 0 Å². The van der Waals surface area contributed by atoms with Crippen molar-refractivity contribution in [1.82, 2.24) is 9.78 Å². The summed E-state index contributed by atoms with van der Waals surface area (Å²) >= 11 is 0. The number of hydrogen-bond acceptors (Lipinski definition) is 3. The Morgan fingerprint density at radius 1 is 1.50 bits per heavy atom. The molecule has 1 N–H and O–H groups in total. The van der Waals surface area contributed by atoms with E-state index in [4.69, 9.17) is 5.26 Å². The van der Waals surface area contributed by atoms with Crippen molar-refractivity contribution in [3.63, 3.8) is 0 Å². The van der Waals surface area contributed by atoms with Gasteiger partial charge in [0.1, 0.15) is 0 Å². The van der Waals surface area contributed by atoms with E-state index in [-0.39, 0.29) is 5.41 Å². The Morgan fingerprint density at radius 3 is 2.72 bits per heavy atom. The van der Waals surface area contributed by atoms with Crippen molar-refractivity contribution in [2.75, 3.05) is 11.9 Å². The lowest BCUT2D eigenvalue weighted by molar-refractivity contribution is 0.441. The van der Waals surface area contributed by atoms with Gasteiger partial charge in [-0.15, -0.1) is 0 Å². The first-order valence-electron chi connectivity index (χ1n) is 6.54. The van der Waals surface area contributed by atoms with Gasteiger partial charge in [0.15, 0.2) is 0 Å². The predicted molar refractivity (Wildman–Crippen MR) is 74.4 cm³/mol. The highest BCUT2D eigenvalue weighted by Crippen LogP contribution is 2.23. The Kier molecular flexibility index (Phi) is 4.77. The maximum atomic E-state index is 8.95. The molecule has 0 aliphatic rings. The molecule has 1 aromatic rings. The summed E-state index contributed by atoms with van der Waals surface area (Å²) in [7, 11) is 1.94. The van der Waals surface area contributed by atoms with Crippen molar-refractivity contribution in [3.8, 4) is 6.07 Å². The summed E-state index contributed by atoms with van der Waals surface area (Å²) < 4.78 is 1.84. The average Bonchev–Trinajstić information content (AvgIpc) is 2.66. The summed E-state index contributed by atoms with van der Waals surface area (Å²) in [5.74, 6) is 0.421. The first-order chi connectivity index (χ1) is 8.35. The molecule has 0 spiro atoms. The number of rotatable bonds is 6. The molecule has 1 rings (SSSR count). The van der Waals surface area contributed by atoms with Crippen molar-refractivity contribution in [2.45, 2.75) is 46.5 Å². The van der Waals surface area contributed by atoms with Crippen LogP contribution in [0.15, 0.2) is 6.20 Å². The van der Waals surface area contributed by atoms with E-state index in [0.717, 1.165) is 30.8 Å². The van der Waals surface area contributed by atoms with E-state index < -0.39 is 0 Å². The number of nitrogens with zero attached hydrogens (tertiary/aromatic N) is 3. The summed E-state index contributed by atoms with van der Waals surface area (Å²) in [5, 5.41) is 16.8. The van der Waals surface area contributed by atoms with E-state index >= 15 is 0 Å². The predicted octanol–water partition coefficient (Wildman–Crippen LogP) is 3.29. The first-order valence-corrected chi connectivity index (χ1v) is 6.54. The SMILES string of the molecule is CC(C)c1nn(C)cc1NCCCC(C)(C)C#N. The van der Waals surface area contributed by atoms with Crippen LogP contribution >= 0.6 is 0 Å². The van der Waals surface area contributed by atoms with Crippen molar-refractivity contribution in [3.05, 3.63) is 11.9 Å². The van der Waals surface area contributed by atoms with Crippen molar-refractivity contribution < 1.29 is 0 Å². The van der Waals surface area contributed by atoms with Crippen molar-refractivity contribution >= 4 is 5.69 Å². The smallest absolute Gasteiger partial charge is 0.0881 e. The lowest BCUT2D eigenvalue weighted by Crippen LogP contribution is -2.11. The zero-order chi connectivity index (χ0) is 13.8. The minimum Gasteiger partial charge on any atom is -0.382 e. The van der Waals surface area contributed by atoms with Gasteiger partial charge in [0, 0.05) is 19.8 Å². The van der Waals surface area contributed by atoms with Gasteiger partial charge < -0.3 is 5.32 Å². The molecule has 0 atom stereocenters. The van der Waals surface area contributed by atoms with Crippen LogP contribution in [0.1, 0.15) is 52.1 Å². The van der Waals surface area contributed by atoms with Crippen LogP contribution in [-0.4, -0.2) is 16.3 Å². The highest BCUT2D eigenvalue weighted by Gasteiger charge is 2.16. The molecular weight excluding hydrogens is 224 g/mol. The fourth-order valence-electron chi connectivity index (χ4n) is 1.88. The maximum Gasteiger partial charge on any atom is 0.0881 e. The maximum absolute atomic E-state index is 8.95. The molecule has 0 aliphatic carbocycles. The van der Waals surface area contributed by atoms with Crippen molar-refractivity contribution in [1.29, 1.82) is 5.26 Å². The van der Waals surface area contributed by atoms with E-state index in [2.05, 4.69) is 30.3 Å². The van der Waals surface area contributed by atoms with Crippen LogP contribution in [0.25, 0.3) is 0 Å². The number of nitriles is 1. The third-order valence-corrected chi connectivity index (χ3v) is 3.00. The fraction of sp³-hybridized carbons (Fsp3) is 0.714. The monoisotopic (exact) mass is 248 g/mol. The molecule has 0 aliphatic heterocycles. The molecule has 100 valence electrons. The highest BCUT2D eigenvalue weighted by atomic mass is 15.3. The third-order valence-electron chi connectivity index (χ3n) is 3.00. The largest absolute Gasteiger partial charge is 0.382 e. The number of aromatic nitrogens is 2. The van der Waals surface area contributed by atoms with Crippen LogP contribution in [0.4, 0.5) is 5.69 Å². The molecule has 0 unspecified atom stereocenters. The number of aryl methyl sites for hydroxylation is 1. The van der Waals surface area contributed by atoms with Gasteiger partial charge in [-0.2, -0.15) is 10.4 Å². The van der Waals surface area contributed by atoms with E-state index in [1.807, 2.05) is 31.8 Å². The van der Waals surface area contributed by atoms with Gasteiger partial charge in [-0.05, 0) is 32.6 Å². The molecule has 0 amide bonds. The molecule has 1 aromatic heterocycles. The second kappa shape index (κ2) is 5.90. The lowest BCUT2D eigenvalue weighted by atomic mass is 9.90. The Hall–Kier alpha value is -1.50. The molecular formula is C14H24N4. The molecule has 0 saturated heterocycles. The summed E-state index contributed by atoms with van der Waals surface area (Å²) in [5.41, 5.74) is 2.00. The normalized spacial score (nSPS) is 11.6. The van der Waals surface area contributed by atoms with Crippen LogP contribution in [0.2, 0.25) is 0 Å². The first kappa shape index (κ1) is 14.6. The van der Waals surface area contributed by atoms with Gasteiger partial charge in [0.25, 0.3) is 0 Å². The summed E-state index contributed by atoms with van der Waals surface area (Å²) in [6.45, 7) is 9.14. The minimum absolute atomic E-state index is 0.225. The Labute approximate surface area is 110 Å². The molecule has 4 heteroatoms. The molecule has 0 saturated carbocycles. The zero-order valence-electron chi connectivity index (χ0n) is 12.1. The van der Waals surface area contributed by atoms with Crippen LogP contribution in [-0.2, 0) is 7.05 Å². The molecule has 0 radical (unpaired) electrons. The van der Waals surface area contributed by atoms with Crippen LogP contribution in [0, 0.1) is 16.7 Å². The average molecular weight is 248 g/mol. The van der Waals surface area contributed by atoms with Crippen LogP contribution < -0.4 is 5.32 Å². The topological polar surface area (TPSA) is 53.6 Å². The highest BCUT2D eigenvalue weighted by molar-refractivity contribution is 5.47. The third kappa shape index (κ3) is 4.06. The zero-order valence-corrected chi connectivity index (χ0v) is 12.1. The van der Waals surface area contributed by atoms with Crippen molar-refractivity contribution in [2.24, 2.45) is 12.5 Å². The molecule has 0 aromatic carbocycles. The van der Waals surface area contributed by atoms with E-state index in [9.17, 15) is 0 Å². The Bertz CT molecular complexity index is 423. The van der Waals surface area contributed by atoms with Gasteiger partial charge in [-0.3, -0.25) is 4.68 Å². The molecule has 0 bridgehead atoms. The second-order valence-corrected chi connectivity index (χ2v) is 5.78. The van der Waals surface area contributed by atoms with E-state index in [1.54, 1.807) is 0 Å². The van der Waals surface area contributed by atoms with Gasteiger partial charge in [-0.1, -0.05) is 13.8 Å². The van der Waals surface area contributed by atoms with Gasteiger partial charge >= 0.3 is 0 Å². The quantitative estimate of drug-likeness (QED) is 0.786. The van der Waals surface area contributed by atoms with E-state index in [0.29, 0.717) is 5.92 Å². The molecule has 18 heavy (non-hydrogen) atoms. The Balaban J connectivity index is 2.47.